The van der Waals surface area contributed by atoms with Gasteiger partial charge in [0.2, 0.25) is 11.9 Å². The highest BCUT2D eigenvalue weighted by atomic mass is 16.6. The number of carboxylic acids is 1. The van der Waals surface area contributed by atoms with E-state index in [0.29, 0.717) is 11.1 Å². The number of hydrogen-bond donors (Lipinski definition) is 6. The van der Waals surface area contributed by atoms with Crippen LogP contribution < -0.4 is 4.74 Å². The minimum absolute atomic E-state index is 0.150. The Morgan fingerprint density at radius 1 is 0.800 bits per heavy atom. The monoisotopic (exact) mass is 552 g/mol. The first-order valence-corrected chi connectivity index (χ1v) is 11.4. The Balaban J connectivity index is 1.71. The van der Waals surface area contributed by atoms with Crippen LogP contribution in [-0.2, 0) is 30.3 Å². The van der Waals surface area contributed by atoms with Crippen LogP contribution in [0.15, 0.2) is 66.4 Å². The maximum Gasteiger partial charge on any atom is 0.373 e. The summed E-state index contributed by atoms with van der Waals surface area (Å²) in [7, 11) is 1.12. The van der Waals surface area contributed by atoms with Crippen molar-refractivity contribution in [2.45, 2.75) is 12.5 Å². The number of carboxylic acid groups (broad SMARTS) is 1. The third-order valence-corrected chi connectivity index (χ3v) is 5.29. The first kappa shape index (κ1) is 28.9. The molecule has 0 radical (unpaired) electrons. The molecule has 1 unspecified atom stereocenters. The summed E-state index contributed by atoms with van der Waals surface area (Å²) in [5.74, 6) is -5.86. The van der Waals surface area contributed by atoms with Crippen LogP contribution in [0, 0.1) is 0 Å². The Labute approximate surface area is 226 Å². The van der Waals surface area contributed by atoms with E-state index in [2.05, 4.69) is 4.74 Å². The molecule has 208 valence electrons. The van der Waals surface area contributed by atoms with Crippen molar-refractivity contribution in [2.75, 3.05) is 7.11 Å². The quantitative estimate of drug-likeness (QED) is 0.0931. The Hall–Kier alpha value is -5.65. The minimum Gasteiger partial charge on any atom is -0.504 e. The van der Waals surface area contributed by atoms with Gasteiger partial charge in [0.25, 0.3) is 0 Å². The van der Waals surface area contributed by atoms with Crippen LogP contribution in [-0.4, -0.2) is 61.8 Å². The maximum absolute atomic E-state index is 12.2. The summed E-state index contributed by atoms with van der Waals surface area (Å²) >= 11 is 0. The van der Waals surface area contributed by atoms with Crippen LogP contribution in [0.1, 0.15) is 16.7 Å². The fourth-order valence-electron chi connectivity index (χ4n) is 3.29. The first-order chi connectivity index (χ1) is 19.0. The van der Waals surface area contributed by atoms with Gasteiger partial charge >= 0.3 is 17.9 Å². The molecule has 0 fully saturated rings. The number of esters is 2. The third kappa shape index (κ3) is 7.68. The van der Waals surface area contributed by atoms with E-state index in [1.165, 1.54) is 60.7 Å². The number of carbonyl (C=O) groups is 3. The number of aliphatic carboxylic acids is 1. The molecule has 0 aromatic heterocycles. The molecule has 0 aliphatic rings. The molecule has 0 saturated carbocycles. The zero-order valence-electron chi connectivity index (χ0n) is 20.8. The molecule has 0 aliphatic carbocycles. The standard InChI is InChI=1S/C28H24O12/c1-38-28(37)25(14-17-3-7-19(30)21(32)12-17)39-23-8-4-15(10-22(23)33)5-9-26(34)40-24(27(35)36)13-16-2-6-18(29)20(31)11-16/h2-12,14,24,29-33H,13H2,1H3,(H,35,36)/b9-5+,25-14+. The van der Waals surface area contributed by atoms with Crippen LogP contribution in [0.2, 0.25) is 0 Å². The van der Waals surface area contributed by atoms with Crippen molar-refractivity contribution in [3.63, 3.8) is 0 Å². The third-order valence-electron chi connectivity index (χ3n) is 5.29. The molecule has 3 rings (SSSR count). The lowest BCUT2D eigenvalue weighted by atomic mass is 10.1. The van der Waals surface area contributed by atoms with Crippen molar-refractivity contribution in [1.29, 1.82) is 0 Å². The smallest absolute Gasteiger partial charge is 0.373 e. The fraction of sp³-hybridized carbons (Fsp3) is 0.107. The van der Waals surface area contributed by atoms with Gasteiger partial charge in [-0.1, -0.05) is 18.2 Å². The van der Waals surface area contributed by atoms with Gasteiger partial charge in [-0.25, -0.2) is 14.4 Å². The molecule has 12 nitrogen and oxygen atoms in total. The first-order valence-electron chi connectivity index (χ1n) is 11.4. The number of ether oxygens (including phenoxy) is 3. The van der Waals surface area contributed by atoms with E-state index in [1.807, 2.05) is 0 Å². The highest BCUT2D eigenvalue weighted by molar-refractivity contribution is 5.92. The van der Waals surface area contributed by atoms with Crippen molar-refractivity contribution in [3.05, 3.63) is 83.1 Å². The molecule has 6 N–H and O–H groups in total. The van der Waals surface area contributed by atoms with Crippen molar-refractivity contribution in [2.24, 2.45) is 0 Å². The second-order valence-electron chi connectivity index (χ2n) is 8.20. The van der Waals surface area contributed by atoms with E-state index in [0.717, 1.165) is 19.3 Å². The lowest BCUT2D eigenvalue weighted by Gasteiger charge is -2.13. The number of hydrogen-bond acceptors (Lipinski definition) is 11. The molecule has 3 aromatic carbocycles. The summed E-state index contributed by atoms with van der Waals surface area (Å²) in [6.45, 7) is 0. The van der Waals surface area contributed by atoms with E-state index in [-0.39, 0.29) is 35.0 Å². The van der Waals surface area contributed by atoms with Crippen molar-refractivity contribution in [1.82, 2.24) is 0 Å². The molecule has 0 aliphatic heterocycles. The van der Waals surface area contributed by atoms with Crippen molar-refractivity contribution < 1.29 is 59.2 Å². The second-order valence-corrected chi connectivity index (χ2v) is 8.20. The summed E-state index contributed by atoms with van der Waals surface area (Å²) in [4.78, 5) is 35.9. The second kappa shape index (κ2) is 12.7. The van der Waals surface area contributed by atoms with Gasteiger partial charge < -0.3 is 44.8 Å². The SMILES string of the molecule is COC(=O)/C(=C\c1ccc(O)c(O)c1)Oc1ccc(/C=C/C(=O)OC(Cc2ccc(O)c(O)c2)C(=O)O)cc1O. The summed E-state index contributed by atoms with van der Waals surface area (Å²) < 4.78 is 15.1. The Kier molecular flexibility index (Phi) is 9.21. The number of aromatic hydroxyl groups is 5. The predicted molar refractivity (Wildman–Crippen MR) is 139 cm³/mol. The number of phenols is 5. The van der Waals surface area contributed by atoms with Gasteiger partial charge in [0, 0.05) is 12.5 Å². The molecule has 0 spiro atoms. The van der Waals surface area contributed by atoms with E-state index >= 15 is 0 Å². The summed E-state index contributed by atoms with van der Waals surface area (Å²) in [6.07, 6.45) is 1.55. The van der Waals surface area contributed by atoms with Gasteiger partial charge in [-0.05, 0) is 65.2 Å². The summed E-state index contributed by atoms with van der Waals surface area (Å²) in [6, 6.07) is 11.4. The molecule has 1 atom stereocenters. The Morgan fingerprint density at radius 2 is 1.43 bits per heavy atom. The number of carbonyl (C=O) groups excluding carboxylic acids is 2. The van der Waals surface area contributed by atoms with Crippen LogP contribution in [0.25, 0.3) is 12.2 Å². The van der Waals surface area contributed by atoms with E-state index in [1.54, 1.807) is 0 Å². The van der Waals surface area contributed by atoms with E-state index in [9.17, 15) is 45.0 Å². The molecule has 0 heterocycles. The van der Waals surface area contributed by atoms with Gasteiger partial charge in [0.05, 0.1) is 7.11 Å². The molecule has 0 amide bonds. The molecule has 0 bridgehead atoms. The maximum atomic E-state index is 12.2. The van der Waals surface area contributed by atoms with Crippen LogP contribution >= 0.6 is 0 Å². The fourth-order valence-corrected chi connectivity index (χ4v) is 3.29. The zero-order chi connectivity index (χ0) is 29.4. The van der Waals surface area contributed by atoms with E-state index in [4.69, 9.17) is 9.47 Å². The van der Waals surface area contributed by atoms with Crippen LogP contribution in [0.3, 0.4) is 0 Å². The number of phenolic OH excluding ortho intramolecular Hbond substituents is 5. The van der Waals surface area contributed by atoms with Crippen LogP contribution in [0.5, 0.6) is 34.5 Å². The minimum atomic E-state index is -1.58. The topological polar surface area (TPSA) is 200 Å². The zero-order valence-corrected chi connectivity index (χ0v) is 20.8. The van der Waals surface area contributed by atoms with Gasteiger partial charge in [0.1, 0.15) is 0 Å². The summed E-state index contributed by atoms with van der Waals surface area (Å²) in [5, 5.41) is 57.8. The molecular formula is C28H24O12. The number of methoxy groups -OCH3 is 1. The highest BCUT2D eigenvalue weighted by Gasteiger charge is 2.22. The largest absolute Gasteiger partial charge is 0.504 e. The van der Waals surface area contributed by atoms with Crippen molar-refractivity contribution in [3.8, 4) is 34.5 Å². The Bertz CT molecular complexity index is 1490. The van der Waals surface area contributed by atoms with Gasteiger partial charge in [0.15, 0.2) is 34.5 Å². The Morgan fingerprint density at radius 3 is 2.02 bits per heavy atom. The average Bonchev–Trinajstić information content (AvgIpc) is 2.91. The average molecular weight is 552 g/mol. The summed E-state index contributed by atoms with van der Waals surface area (Å²) in [5.41, 5.74) is 0.891. The van der Waals surface area contributed by atoms with Gasteiger partial charge in [-0.3, -0.25) is 0 Å². The van der Waals surface area contributed by atoms with Crippen LogP contribution in [0.4, 0.5) is 0 Å². The molecule has 0 saturated heterocycles. The van der Waals surface area contributed by atoms with Crippen molar-refractivity contribution >= 4 is 30.1 Å². The number of rotatable bonds is 10. The van der Waals surface area contributed by atoms with E-state index < -0.39 is 41.3 Å². The molecule has 3 aromatic rings. The lowest BCUT2D eigenvalue weighted by molar-refractivity contribution is -0.160. The lowest BCUT2D eigenvalue weighted by Crippen LogP contribution is -2.28. The number of benzene rings is 3. The molecule has 40 heavy (non-hydrogen) atoms. The van der Waals surface area contributed by atoms with Gasteiger partial charge in [-0.2, -0.15) is 0 Å². The molecule has 12 heteroatoms. The predicted octanol–water partition coefficient (Wildman–Crippen LogP) is 3.06. The molecular weight excluding hydrogens is 528 g/mol. The highest BCUT2D eigenvalue weighted by Crippen LogP contribution is 2.31. The van der Waals surface area contributed by atoms with Gasteiger partial charge in [-0.15, -0.1) is 0 Å². The normalized spacial score (nSPS) is 12.1.